The molecule has 1 aromatic rings. The largest absolute Gasteiger partial charge is 0.543 e. The molecule has 5 aliphatic rings. The number of carboxylic acids is 1. The second-order valence-electron chi connectivity index (χ2n) is 9.84. The molecular formula is C23H29N7O5S3. The van der Waals surface area contributed by atoms with Gasteiger partial charge in [-0.3, -0.25) is 14.5 Å². The number of allylic oxidation sites excluding steroid dienone is 1. The van der Waals surface area contributed by atoms with Crippen molar-refractivity contribution in [3.8, 4) is 0 Å². The molecule has 0 radical (unpaired) electrons. The lowest BCUT2D eigenvalue weighted by atomic mass is 9.84. The smallest absolute Gasteiger partial charge is 0.278 e. The van der Waals surface area contributed by atoms with Gasteiger partial charge in [0.15, 0.2) is 5.13 Å². The number of aliphatic carboxylic acids is 1. The summed E-state index contributed by atoms with van der Waals surface area (Å²) in [5, 5.41) is 17.9. The van der Waals surface area contributed by atoms with Crippen molar-refractivity contribution in [3.63, 3.8) is 0 Å². The van der Waals surface area contributed by atoms with Crippen LogP contribution in [0, 0.1) is 0 Å². The van der Waals surface area contributed by atoms with Gasteiger partial charge in [0, 0.05) is 41.3 Å². The fourth-order valence-corrected chi connectivity index (χ4v) is 8.25. The highest BCUT2D eigenvalue weighted by Gasteiger charge is 2.53. The van der Waals surface area contributed by atoms with E-state index >= 15 is 0 Å². The van der Waals surface area contributed by atoms with Crippen LogP contribution in [0.4, 0.5) is 5.13 Å². The second-order valence-corrected chi connectivity index (χ2v) is 13.0. The molecular weight excluding hydrogens is 550 g/mol. The Kier molecular flexibility index (Phi) is 7.46. The molecule has 0 spiro atoms. The first-order valence-corrected chi connectivity index (χ1v) is 15.2. The van der Waals surface area contributed by atoms with Crippen LogP contribution in [0.25, 0.3) is 0 Å². The highest BCUT2D eigenvalue weighted by Crippen LogP contribution is 2.45. The Bertz CT molecular complexity index is 1220. The van der Waals surface area contributed by atoms with Crippen molar-refractivity contribution in [2.24, 2.45) is 5.16 Å². The van der Waals surface area contributed by atoms with Gasteiger partial charge in [0.25, 0.3) is 11.8 Å². The second kappa shape index (κ2) is 10.5. The Morgan fingerprint density at radius 1 is 1.37 bits per heavy atom. The molecule has 2 atom stereocenters. The topological polar surface area (TPSA) is 163 Å². The molecule has 204 valence electrons. The van der Waals surface area contributed by atoms with Crippen molar-refractivity contribution in [2.45, 2.75) is 35.4 Å². The number of nitrogens with one attached hydrogen (secondary N) is 1. The highest BCUT2D eigenvalue weighted by molar-refractivity contribution is 8.00. The SMILES string of the molecule is CO/N=C(\C(=O)N[C@@H]1C(=O)N2C(C(=O)[O-])=C(/C=C/C[N+]34CCC(SC)(CC3)CC4)CS[C@@H]12)c1nsc(N)n1. The number of quaternary nitrogens is 1. The van der Waals surface area contributed by atoms with E-state index in [-0.39, 0.29) is 22.4 Å². The Morgan fingerprint density at radius 3 is 2.66 bits per heavy atom. The molecule has 6 heterocycles. The van der Waals surface area contributed by atoms with Gasteiger partial charge in [-0.25, -0.2) is 0 Å². The summed E-state index contributed by atoms with van der Waals surface area (Å²) < 4.78 is 5.44. The van der Waals surface area contributed by atoms with Gasteiger partial charge < -0.3 is 30.3 Å². The minimum absolute atomic E-state index is 0.0255. The van der Waals surface area contributed by atoms with Crippen LogP contribution in [-0.4, -0.2) is 104 Å². The van der Waals surface area contributed by atoms with E-state index < -0.39 is 29.2 Å². The third-order valence-corrected chi connectivity index (χ3v) is 11.2. The molecule has 5 aliphatic heterocycles. The zero-order valence-corrected chi connectivity index (χ0v) is 23.5. The van der Waals surface area contributed by atoms with Crippen LogP contribution in [0.3, 0.4) is 0 Å². The number of fused-ring (bicyclic) bond motifs is 4. The number of rotatable bonds is 9. The number of β-lactam (4-membered cyclic amide) rings is 1. The van der Waals surface area contributed by atoms with Crippen LogP contribution in [0.5, 0.6) is 0 Å². The molecule has 38 heavy (non-hydrogen) atoms. The minimum atomic E-state index is -1.41. The zero-order chi connectivity index (χ0) is 27.1. The van der Waals surface area contributed by atoms with E-state index in [1.54, 1.807) is 0 Å². The number of nitrogens with zero attached hydrogens (tertiary/aromatic N) is 5. The van der Waals surface area contributed by atoms with Crippen LogP contribution in [0.15, 0.2) is 28.6 Å². The molecule has 0 unspecified atom stereocenters. The number of aromatic nitrogens is 2. The van der Waals surface area contributed by atoms with Crippen LogP contribution < -0.4 is 16.2 Å². The van der Waals surface area contributed by atoms with E-state index in [2.05, 4.69) is 26.1 Å². The maximum atomic E-state index is 13.0. The number of nitrogens with two attached hydrogens (primary N) is 1. The Labute approximate surface area is 232 Å². The summed E-state index contributed by atoms with van der Waals surface area (Å²) in [7, 11) is 1.26. The number of oxime groups is 1. The average molecular weight is 580 g/mol. The fourth-order valence-electron chi connectivity index (χ4n) is 5.61. The van der Waals surface area contributed by atoms with E-state index in [4.69, 9.17) is 10.6 Å². The van der Waals surface area contributed by atoms with Crippen LogP contribution in [-0.2, 0) is 19.2 Å². The summed E-state index contributed by atoms with van der Waals surface area (Å²) in [4.78, 5) is 47.9. The summed E-state index contributed by atoms with van der Waals surface area (Å²) in [6.07, 6.45) is 9.72. The summed E-state index contributed by atoms with van der Waals surface area (Å²) in [5.41, 5.74) is 5.77. The predicted octanol–water partition coefficient (Wildman–Crippen LogP) is -0.453. The Balaban J connectivity index is 1.27. The maximum absolute atomic E-state index is 13.0. The first-order chi connectivity index (χ1) is 18.2. The van der Waals surface area contributed by atoms with Crippen molar-refractivity contribution in [2.75, 3.05) is 51.0 Å². The number of thioether (sulfide) groups is 2. The number of carboxylic acid groups (broad SMARTS) is 1. The molecule has 0 saturated carbocycles. The van der Waals surface area contributed by atoms with Crippen LogP contribution >= 0.6 is 35.1 Å². The normalized spacial score (nSPS) is 30.8. The first-order valence-electron chi connectivity index (χ1n) is 12.2. The van der Waals surface area contributed by atoms with Gasteiger partial charge in [0.05, 0.1) is 37.8 Å². The van der Waals surface area contributed by atoms with Crippen molar-refractivity contribution < 1.29 is 28.8 Å². The Hall–Kier alpha value is -2.62. The first kappa shape index (κ1) is 27.0. The lowest BCUT2D eigenvalue weighted by Gasteiger charge is -2.54. The molecule has 2 amide bonds. The molecule has 4 saturated heterocycles. The van der Waals surface area contributed by atoms with Crippen molar-refractivity contribution in [1.82, 2.24) is 19.6 Å². The number of hydrogen-bond acceptors (Lipinski definition) is 12. The minimum Gasteiger partial charge on any atom is -0.543 e. The molecule has 15 heteroatoms. The predicted molar refractivity (Wildman–Crippen MR) is 144 cm³/mol. The Morgan fingerprint density at radius 2 is 2.08 bits per heavy atom. The van der Waals surface area contributed by atoms with Crippen LogP contribution in [0.1, 0.15) is 25.1 Å². The van der Waals surface area contributed by atoms with Gasteiger partial charge in [-0.2, -0.15) is 21.1 Å². The number of nitrogen functional groups attached to an aromatic ring is 1. The standard InChI is InChI=1S/C23H29N7O5S3/c1-35-27-14(17-26-22(24)38-28-17)18(31)25-15-19(32)29-16(21(33)34)13(12-37-20(15)29)4-3-8-30-9-5-23(36-2,6-10-30)7-11-30/h3-4,15,20H,5-12H2,1-2H3,(H3-,24,25,26,28,31,33,34)/b4-3+,27-14-/t15-,20+,23?,30?/m1/s1. The lowest BCUT2D eigenvalue weighted by Crippen LogP contribution is -2.71. The molecule has 3 N–H and O–H groups in total. The number of carbonyl (C=O) groups is 3. The molecule has 4 fully saturated rings. The highest BCUT2D eigenvalue weighted by atomic mass is 32.2. The monoisotopic (exact) mass is 579 g/mol. The van der Waals surface area contributed by atoms with Crippen molar-refractivity contribution >= 4 is 63.7 Å². The third-order valence-electron chi connectivity index (χ3n) is 7.90. The van der Waals surface area contributed by atoms with E-state index in [9.17, 15) is 19.5 Å². The number of hydrogen-bond donors (Lipinski definition) is 2. The van der Waals surface area contributed by atoms with Crippen LogP contribution in [0.2, 0.25) is 0 Å². The summed E-state index contributed by atoms with van der Waals surface area (Å²) >= 11 is 4.27. The average Bonchev–Trinajstić information content (AvgIpc) is 3.36. The molecule has 1 aromatic heterocycles. The summed E-state index contributed by atoms with van der Waals surface area (Å²) in [6, 6.07) is -0.942. The van der Waals surface area contributed by atoms with Crippen molar-refractivity contribution in [3.05, 3.63) is 29.2 Å². The van der Waals surface area contributed by atoms with Gasteiger partial charge in [0.2, 0.25) is 11.5 Å². The molecule has 6 rings (SSSR count). The number of piperidine rings is 3. The van der Waals surface area contributed by atoms with E-state index in [0.717, 1.165) is 42.2 Å². The van der Waals surface area contributed by atoms with Gasteiger partial charge in [0.1, 0.15) is 18.5 Å². The number of anilines is 1. The summed E-state index contributed by atoms with van der Waals surface area (Å²) in [5.74, 6) is -2.33. The molecule has 0 aromatic carbocycles. The van der Waals surface area contributed by atoms with E-state index in [1.165, 1.54) is 43.0 Å². The summed E-state index contributed by atoms with van der Waals surface area (Å²) in [6.45, 7) is 4.25. The maximum Gasteiger partial charge on any atom is 0.278 e. The molecule has 2 bridgehead atoms. The zero-order valence-electron chi connectivity index (χ0n) is 21.0. The number of carbonyl (C=O) groups excluding carboxylic acids is 3. The van der Waals surface area contributed by atoms with Gasteiger partial charge in [-0.15, -0.1) is 11.8 Å². The van der Waals surface area contributed by atoms with E-state index in [1.807, 2.05) is 23.9 Å². The third kappa shape index (κ3) is 4.80. The van der Waals surface area contributed by atoms with Gasteiger partial charge in [-0.05, 0) is 17.9 Å². The van der Waals surface area contributed by atoms with Gasteiger partial charge >= 0.3 is 0 Å². The van der Waals surface area contributed by atoms with E-state index in [0.29, 0.717) is 16.1 Å². The lowest BCUT2D eigenvalue weighted by molar-refractivity contribution is -0.936. The fraction of sp³-hybridized carbons (Fsp3) is 0.565. The molecule has 0 aliphatic carbocycles. The number of amides is 2. The molecule has 12 nitrogen and oxygen atoms in total. The quantitative estimate of drug-likeness (QED) is 0.169. The van der Waals surface area contributed by atoms with Crippen molar-refractivity contribution in [1.29, 1.82) is 0 Å². The van der Waals surface area contributed by atoms with Gasteiger partial charge in [-0.1, -0.05) is 11.2 Å².